The van der Waals surface area contributed by atoms with E-state index in [1.807, 2.05) is 38.1 Å². The second-order valence-electron chi connectivity index (χ2n) is 10.3. The van der Waals surface area contributed by atoms with Crippen LogP contribution in [0.25, 0.3) is 0 Å². The van der Waals surface area contributed by atoms with E-state index in [0.717, 1.165) is 11.1 Å². The van der Waals surface area contributed by atoms with Crippen molar-refractivity contribution in [2.24, 2.45) is 5.92 Å². The van der Waals surface area contributed by atoms with Crippen molar-refractivity contribution < 1.29 is 35.9 Å². The van der Waals surface area contributed by atoms with Gasteiger partial charge >= 0.3 is 12.4 Å². The van der Waals surface area contributed by atoms with Crippen LogP contribution >= 0.6 is 0 Å². The molecular formula is C27H30F6N2O2. The van der Waals surface area contributed by atoms with E-state index in [-0.39, 0.29) is 29.5 Å². The summed E-state index contributed by atoms with van der Waals surface area (Å²) in [4.78, 5) is 12.9. The molecule has 2 fully saturated rings. The van der Waals surface area contributed by atoms with Crippen molar-refractivity contribution in [3.8, 4) is 0 Å². The van der Waals surface area contributed by atoms with Gasteiger partial charge in [-0.3, -0.25) is 4.79 Å². The zero-order chi connectivity index (χ0) is 27.0. The Morgan fingerprint density at radius 1 is 1.00 bits per heavy atom. The summed E-state index contributed by atoms with van der Waals surface area (Å²) in [5, 5.41) is 6.42. The number of nitrogens with one attached hydrogen (secondary N) is 2. The first-order valence-corrected chi connectivity index (χ1v) is 12.3. The van der Waals surface area contributed by atoms with Crippen LogP contribution in [0.4, 0.5) is 26.3 Å². The number of aryl methyl sites for hydroxylation is 1. The van der Waals surface area contributed by atoms with Gasteiger partial charge in [-0.05, 0) is 68.9 Å². The van der Waals surface area contributed by atoms with E-state index in [9.17, 15) is 31.1 Å². The Balaban J connectivity index is 1.37. The third kappa shape index (κ3) is 6.46. The lowest BCUT2D eigenvalue weighted by molar-refractivity contribution is -0.143. The molecule has 0 aromatic heterocycles. The maximum Gasteiger partial charge on any atom is 0.416 e. The number of carbonyl (C=O) groups excluding carboxylic acids is 1. The van der Waals surface area contributed by atoms with Crippen LogP contribution in [0.15, 0.2) is 42.5 Å². The van der Waals surface area contributed by atoms with Crippen molar-refractivity contribution in [2.75, 3.05) is 6.54 Å². The van der Waals surface area contributed by atoms with Gasteiger partial charge in [0.2, 0.25) is 5.91 Å². The lowest BCUT2D eigenvalue weighted by atomic mass is 9.88. The summed E-state index contributed by atoms with van der Waals surface area (Å²) in [5.74, 6) is -0.358. The van der Waals surface area contributed by atoms with Crippen molar-refractivity contribution in [1.29, 1.82) is 0 Å². The minimum Gasteiger partial charge on any atom is -0.372 e. The summed E-state index contributed by atoms with van der Waals surface area (Å²) in [7, 11) is 0. The molecule has 1 amide bonds. The van der Waals surface area contributed by atoms with Crippen LogP contribution < -0.4 is 10.6 Å². The normalized spacial score (nSPS) is 25.8. The number of alkyl halides is 6. The van der Waals surface area contributed by atoms with Gasteiger partial charge in [-0.15, -0.1) is 0 Å². The molecule has 2 N–H and O–H groups in total. The van der Waals surface area contributed by atoms with Crippen molar-refractivity contribution in [3.05, 3.63) is 70.3 Å². The molecule has 2 bridgehead atoms. The molecule has 37 heavy (non-hydrogen) atoms. The molecule has 0 radical (unpaired) electrons. The van der Waals surface area contributed by atoms with Gasteiger partial charge in [0.15, 0.2) is 0 Å². The predicted molar refractivity (Wildman–Crippen MR) is 126 cm³/mol. The van der Waals surface area contributed by atoms with E-state index in [2.05, 4.69) is 10.6 Å². The van der Waals surface area contributed by atoms with Crippen LogP contribution in [0.2, 0.25) is 0 Å². The minimum atomic E-state index is -4.91. The summed E-state index contributed by atoms with van der Waals surface area (Å²) in [6.45, 7) is 4.00. The summed E-state index contributed by atoms with van der Waals surface area (Å²) in [6, 6.07) is 9.51. The first kappa shape index (κ1) is 27.4. The van der Waals surface area contributed by atoms with E-state index >= 15 is 0 Å². The largest absolute Gasteiger partial charge is 0.416 e. The van der Waals surface area contributed by atoms with Crippen LogP contribution in [-0.4, -0.2) is 30.1 Å². The molecule has 4 nitrogen and oxygen atoms in total. The van der Waals surface area contributed by atoms with Gasteiger partial charge in [0.25, 0.3) is 0 Å². The minimum absolute atomic E-state index is 0.0605. The standard InChI is InChI=1S/C27H30F6N2O2/c1-16-3-5-17(6-4-16)9-10-34-24(36)21-14-25(2)23(8-7-22(21)35-25)37-15-18-11-19(26(28,29)30)13-20(12-18)27(31,32)33/h3-6,11-13,21-23,35H,7-10,14-15H2,1-2H3,(H,34,36). The van der Waals surface area contributed by atoms with Gasteiger partial charge in [-0.2, -0.15) is 26.3 Å². The van der Waals surface area contributed by atoms with E-state index in [0.29, 0.717) is 44.4 Å². The van der Waals surface area contributed by atoms with Crippen LogP contribution in [-0.2, 0) is 34.9 Å². The molecule has 2 aliphatic rings. The van der Waals surface area contributed by atoms with Crippen LogP contribution in [0, 0.1) is 12.8 Å². The first-order valence-electron chi connectivity index (χ1n) is 12.3. The Morgan fingerprint density at radius 3 is 2.22 bits per heavy atom. The van der Waals surface area contributed by atoms with Gasteiger partial charge < -0.3 is 15.4 Å². The van der Waals surface area contributed by atoms with Crippen molar-refractivity contribution >= 4 is 5.91 Å². The lowest BCUT2D eigenvalue weighted by Gasteiger charge is -2.39. The molecule has 0 saturated carbocycles. The number of hydrogen-bond acceptors (Lipinski definition) is 3. The van der Waals surface area contributed by atoms with Crippen LogP contribution in [0.5, 0.6) is 0 Å². The quantitative estimate of drug-likeness (QED) is 0.446. The van der Waals surface area contributed by atoms with Crippen molar-refractivity contribution in [1.82, 2.24) is 10.6 Å². The third-order valence-electron chi connectivity index (χ3n) is 7.36. The maximum absolute atomic E-state index is 13.2. The van der Waals surface area contributed by atoms with E-state index in [4.69, 9.17) is 4.74 Å². The van der Waals surface area contributed by atoms with E-state index in [1.54, 1.807) is 0 Å². The van der Waals surface area contributed by atoms with Crippen molar-refractivity contribution in [3.63, 3.8) is 0 Å². The first-order chi connectivity index (χ1) is 17.2. The van der Waals surface area contributed by atoms with Crippen molar-refractivity contribution in [2.45, 2.75) is 76.2 Å². The van der Waals surface area contributed by atoms with E-state index < -0.39 is 41.7 Å². The summed E-state index contributed by atoms with van der Waals surface area (Å²) in [6.07, 6.45) is -7.94. The second kappa shape index (κ2) is 10.3. The molecule has 2 aromatic rings. The number of carbonyl (C=O) groups is 1. The molecular weight excluding hydrogens is 498 g/mol. The monoisotopic (exact) mass is 528 g/mol. The zero-order valence-electron chi connectivity index (χ0n) is 20.6. The van der Waals surface area contributed by atoms with Gasteiger partial charge in [0.1, 0.15) is 0 Å². The summed E-state index contributed by atoms with van der Waals surface area (Å²) >= 11 is 0. The van der Waals surface area contributed by atoms with Crippen LogP contribution in [0.3, 0.4) is 0 Å². The topological polar surface area (TPSA) is 50.4 Å². The number of rotatable bonds is 7. The van der Waals surface area contributed by atoms with Gasteiger partial charge in [-0.1, -0.05) is 29.8 Å². The Morgan fingerprint density at radius 2 is 1.62 bits per heavy atom. The number of fused-ring (bicyclic) bond motifs is 2. The van der Waals surface area contributed by atoms with Crippen LogP contribution in [0.1, 0.15) is 54.0 Å². The third-order valence-corrected chi connectivity index (χ3v) is 7.36. The Hall–Kier alpha value is -2.59. The molecule has 4 atom stereocenters. The average Bonchev–Trinajstić information content (AvgIpc) is 3.09. The highest BCUT2D eigenvalue weighted by Gasteiger charge is 2.52. The number of halogens is 6. The van der Waals surface area contributed by atoms with Gasteiger partial charge in [0, 0.05) is 18.1 Å². The molecule has 0 aliphatic carbocycles. The Labute approximate surface area is 211 Å². The molecule has 202 valence electrons. The number of amides is 1. The van der Waals surface area contributed by atoms with Gasteiger partial charge in [-0.25, -0.2) is 0 Å². The molecule has 4 unspecified atom stereocenters. The maximum atomic E-state index is 13.2. The van der Waals surface area contributed by atoms with Gasteiger partial charge in [0.05, 0.1) is 29.8 Å². The number of piperidine rings is 1. The lowest BCUT2D eigenvalue weighted by Crippen LogP contribution is -2.55. The Kier molecular flexibility index (Phi) is 7.63. The second-order valence-corrected chi connectivity index (χ2v) is 10.3. The number of benzene rings is 2. The summed E-state index contributed by atoms with van der Waals surface area (Å²) in [5.41, 5.74) is -1.25. The average molecular weight is 529 g/mol. The smallest absolute Gasteiger partial charge is 0.372 e. The molecule has 2 saturated heterocycles. The number of hydrogen-bond donors (Lipinski definition) is 2. The molecule has 4 rings (SSSR count). The fourth-order valence-electron chi connectivity index (χ4n) is 5.39. The highest BCUT2D eigenvalue weighted by atomic mass is 19.4. The summed E-state index contributed by atoms with van der Waals surface area (Å²) < 4.78 is 85.0. The molecule has 2 heterocycles. The highest BCUT2D eigenvalue weighted by molar-refractivity contribution is 5.80. The molecule has 2 aromatic carbocycles. The molecule has 0 spiro atoms. The SMILES string of the molecule is Cc1ccc(CCNC(=O)C2CC3(C)NC2CCC3OCc2cc(C(F)(F)F)cc(C(F)(F)F)c2)cc1. The molecule has 2 aliphatic heterocycles. The molecule has 10 heteroatoms. The Bertz CT molecular complexity index is 1080. The predicted octanol–water partition coefficient (Wildman–Crippen LogP) is 5.81. The highest BCUT2D eigenvalue weighted by Crippen LogP contribution is 2.42. The zero-order valence-corrected chi connectivity index (χ0v) is 20.6. The fraction of sp³-hybridized carbons (Fsp3) is 0.519. The van der Waals surface area contributed by atoms with E-state index in [1.165, 1.54) is 0 Å². The fourth-order valence-corrected chi connectivity index (χ4v) is 5.39. The number of ether oxygens (including phenoxy) is 1.